The van der Waals surface area contributed by atoms with Gasteiger partial charge in [-0.3, -0.25) is 9.59 Å². The Kier molecular flexibility index (Phi) is 11.6. The molecule has 2 rings (SSSR count). The van der Waals surface area contributed by atoms with Crippen LogP contribution >= 0.6 is 0 Å². The summed E-state index contributed by atoms with van der Waals surface area (Å²) in [7, 11) is 7.21. The van der Waals surface area contributed by atoms with Crippen LogP contribution in [0.4, 0.5) is 0 Å². The molecule has 1 saturated carbocycles. The maximum atomic E-state index is 13.2. The van der Waals surface area contributed by atoms with Crippen molar-refractivity contribution in [1.82, 2.24) is 15.5 Å². The number of benzene rings is 1. The van der Waals surface area contributed by atoms with Gasteiger partial charge in [-0.15, -0.1) is 0 Å². The molecule has 1 aliphatic carbocycles. The molecule has 1 fully saturated rings. The van der Waals surface area contributed by atoms with E-state index in [-0.39, 0.29) is 17.4 Å². The van der Waals surface area contributed by atoms with Gasteiger partial charge in [0.25, 0.3) is 5.91 Å². The van der Waals surface area contributed by atoms with Crippen LogP contribution in [0.5, 0.6) is 17.2 Å². The van der Waals surface area contributed by atoms with Gasteiger partial charge in [0, 0.05) is 17.6 Å². The van der Waals surface area contributed by atoms with Crippen LogP contribution < -0.4 is 24.8 Å². The molecule has 1 aromatic rings. The van der Waals surface area contributed by atoms with Crippen molar-refractivity contribution in [2.75, 3.05) is 41.5 Å². The first-order valence-corrected chi connectivity index (χ1v) is 13.0. The second-order valence-electron chi connectivity index (χ2n) is 9.62. The summed E-state index contributed by atoms with van der Waals surface area (Å²) in [4.78, 5) is 28.5. The third-order valence-electron chi connectivity index (χ3n) is 6.99. The van der Waals surface area contributed by atoms with E-state index >= 15 is 0 Å². The normalized spacial score (nSPS) is 15.5. The van der Waals surface area contributed by atoms with Crippen molar-refractivity contribution < 1.29 is 23.8 Å². The molecule has 1 aliphatic rings. The van der Waals surface area contributed by atoms with Crippen molar-refractivity contribution in [3.63, 3.8) is 0 Å². The minimum Gasteiger partial charge on any atom is -0.493 e. The fourth-order valence-electron chi connectivity index (χ4n) is 4.67. The van der Waals surface area contributed by atoms with Crippen molar-refractivity contribution in [2.45, 2.75) is 83.2 Å². The van der Waals surface area contributed by atoms with Crippen molar-refractivity contribution in [1.29, 1.82) is 0 Å². The number of hydrogen-bond acceptors (Lipinski definition) is 6. The summed E-state index contributed by atoms with van der Waals surface area (Å²) in [5.41, 5.74) is 0.346. The number of ether oxygens (including phenoxy) is 3. The molecule has 0 spiro atoms. The van der Waals surface area contributed by atoms with Crippen LogP contribution in [0.2, 0.25) is 0 Å². The van der Waals surface area contributed by atoms with Gasteiger partial charge in [-0.05, 0) is 51.9 Å². The number of rotatable bonds is 15. The fraction of sp³-hybridized carbons (Fsp3) is 0.704. The van der Waals surface area contributed by atoms with Gasteiger partial charge >= 0.3 is 0 Å². The number of hydrogen-bond donors (Lipinski definition) is 2. The first-order chi connectivity index (χ1) is 16.8. The lowest BCUT2D eigenvalue weighted by Crippen LogP contribution is -2.54. The average Bonchev–Trinajstić information content (AvgIpc) is 3.35. The number of amides is 2. The highest BCUT2D eigenvalue weighted by Crippen LogP contribution is 2.39. The molecule has 0 heterocycles. The molecule has 8 heteroatoms. The van der Waals surface area contributed by atoms with E-state index in [0.29, 0.717) is 42.4 Å². The van der Waals surface area contributed by atoms with Gasteiger partial charge in [-0.25, -0.2) is 0 Å². The Hall–Kier alpha value is -2.48. The Balaban J connectivity index is 2.12. The Bertz CT molecular complexity index is 796. The summed E-state index contributed by atoms with van der Waals surface area (Å²) in [6, 6.07) is 2.65. The summed E-state index contributed by atoms with van der Waals surface area (Å²) in [6.45, 7) is 5.26. The van der Waals surface area contributed by atoms with Crippen LogP contribution in [0, 0.1) is 0 Å². The fourth-order valence-corrected chi connectivity index (χ4v) is 4.67. The number of nitrogens with zero attached hydrogens (tertiary/aromatic N) is 1. The van der Waals surface area contributed by atoms with E-state index in [1.807, 2.05) is 6.92 Å². The second kappa shape index (κ2) is 14.2. The van der Waals surface area contributed by atoms with Crippen molar-refractivity contribution in [3.8, 4) is 17.2 Å². The van der Waals surface area contributed by atoms with Crippen LogP contribution in [-0.4, -0.2) is 69.8 Å². The second-order valence-corrected chi connectivity index (χ2v) is 9.62. The summed E-state index contributed by atoms with van der Waals surface area (Å²) in [5, 5.41) is 6.03. The molecular weight excluding hydrogens is 446 g/mol. The topological polar surface area (TPSA) is 89.1 Å². The molecule has 2 N–H and O–H groups in total. The van der Waals surface area contributed by atoms with Crippen LogP contribution in [0.3, 0.4) is 0 Å². The largest absolute Gasteiger partial charge is 0.493 e. The number of likely N-dealkylation sites (N-methyl/N-ethyl adjacent to an activating group) is 1. The van der Waals surface area contributed by atoms with E-state index in [1.54, 1.807) is 12.1 Å². The number of methoxy groups -OCH3 is 2. The minimum absolute atomic E-state index is 0.00980. The van der Waals surface area contributed by atoms with Crippen LogP contribution in [0.1, 0.15) is 82.0 Å². The molecule has 1 aromatic carbocycles. The van der Waals surface area contributed by atoms with Crippen molar-refractivity contribution in [3.05, 3.63) is 17.7 Å². The van der Waals surface area contributed by atoms with Gasteiger partial charge in [-0.2, -0.15) is 0 Å². The quantitative estimate of drug-likeness (QED) is 0.358. The molecule has 1 atom stereocenters. The third-order valence-corrected chi connectivity index (χ3v) is 6.99. The van der Waals surface area contributed by atoms with E-state index in [0.717, 1.165) is 38.5 Å². The standard InChI is InChI=1S/C27H45N3O5/c1-7-9-12-16-35-24-22(33-5)17-20(18-23(24)34-6)25(31)29-21(13-8-2)26(32)28-19-27(30(3)4)14-10-11-15-27/h17-18,21H,7-16,19H2,1-6H3,(H,28,32)(H,29,31)/t21-/m0/s1. The smallest absolute Gasteiger partial charge is 0.252 e. The lowest BCUT2D eigenvalue weighted by Gasteiger charge is -2.37. The molecule has 198 valence electrons. The highest BCUT2D eigenvalue weighted by atomic mass is 16.5. The number of carbonyl (C=O) groups is 2. The average molecular weight is 492 g/mol. The van der Waals surface area contributed by atoms with Gasteiger partial charge in [0.15, 0.2) is 11.5 Å². The molecule has 0 aliphatic heterocycles. The molecular formula is C27H45N3O5. The zero-order valence-electron chi connectivity index (χ0n) is 22.5. The predicted octanol–water partition coefficient (Wildman–Crippen LogP) is 4.16. The minimum atomic E-state index is -0.616. The van der Waals surface area contributed by atoms with Crippen LogP contribution in [0.15, 0.2) is 12.1 Å². The SMILES string of the molecule is CCCCCOc1c(OC)cc(C(=O)N[C@@H](CCC)C(=O)NCC2(N(C)C)CCCC2)cc1OC. The molecule has 8 nitrogen and oxygen atoms in total. The Morgan fingerprint density at radius 2 is 1.66 bits per heavy atom. The Morgan fingerprint density at radius 1 is 1.03 bits per heavy atom. The molecule has 0 saturated heterocycles. The zero-order chi connectivity index (χ0) is 25.8. The molecule has 0 aromatic heterocycles. The van der Waals surface area contributed by atoms with Crippen LogP contribution in [0.25, 0.3) is 0 Å². The van der Waals surface area contributed by atoms with Gasteiger partial charge in [0.05, 0.1) is 20.8 Å². The zero-order valence-corrected chi connectivity index (χ0v) is 22.5. The van der Waals surface area contributed by atoms with Gasteiger partial charge < -0.3 is 29.7 Å². The molecule has 35 heavy (non-hydrogen) atoms. The van der Waals surface area contributed by atoms with E-state index in [9.17, 15) is 9.59 Å². The van der Waals surface area contributed by atoms with Gasteiger partial charge in [0.1, 0.15) is 6.04 Å². The highest BCUT2D eigenvalue weighted by molar-refractivity contribution is 5.98. The van der Waals surface area contributed by atoms with Crippen molar-refractivity contribution >= 4 is 11.8 Å². The molecule has 0 radical (unpaired) electrons. The molecule has 2 amide bonds. The number of unbranched alkanes of at least 4 members (excludes halogenated alkanes) is 2. The van der Waals surface area contributed by atoms with E-state index in [1.165, 1.54) is 27.1 Å². The first kappa shape index (κ1) is 28.8. The highest BCUT2D eigenvalue weighted by Gasteiger charge is 2.36. The van der Waals surface area contributed by atoms with Crippen molar-refractivity contribution in [2.24, 2.45) is 0 Å². The lowest BCUT2D eigenvalue weighted by atomic mass is 9.95. The van der Waals surface area contributed by atoms with Crippen LogP contribution in [-0.2, 0) is 4.79 Å². The summed E-state index contributed by atoms with van der Waals surface area (Å²) >= 11 is 0. The third kappa shape index (κ3) is 7.75. The van der Waals surface area contributed by atoms with E-state index in [4.69, 9.17) is 14.2 Å². The summed E-state index contributed by atoms with van der Waals surface area (Å²) < 4.78 is 16.9. The predicted molar refractivity (Wildman–Crippen MR) is 139 cm³/mol. The summed E-state index contributed by atoms with van der Waals surface area (Å²) in [6.07, 6.45) is 8.90. The monoisotopic (exact) mass is 491 g/mol. The summed E-state index contributed by atoms with van der Waals surface area (Å²) in [5.74, 6) is 0.836. The maximum Gasteiger partial charge on any atom is 0.252 e. The van der Waals surface area contributed by atoms with E-state index < -0.39 is 6.04 Å². The van der Waals surface area contributed by atoms with Gasteiger partial charge in [-0.1, -0.05) is 46.0 Å². The lowest BCUT2D eigenvalue weighted by molar-refractivity contribution is -0.123. The number of carbonyl (C=O) groups excluding carboxylic acids is 2. The molecule has 0 unspecified atom stereocenters. The Labute approximate surface area is 211 Å². The molecule has 0 bridgehead atoms. The maximum absolute atomic E-state index is 13.2. The number of nitrogens with one attached hydrogen (secondary N) is 2. The Morgan fingerprint density at radius 3 is 2.17 bits per heavy atom. The van der Waals surface area contributed by atoms with Gasteiger partial charge in [0.2, 0.25) is 11.7 Å². The van der Waals surface area contributed by atoms with E-state index in [2.05, 4.69) is 36.6 Å². The first-order valence-electron chi connectivity index (χ1n) is 13.0.